The number of alkyl halides is 6. The van der Waals surface area contributed by atoms with Gasteiger partial charge in [-0.3, -0.25) is 0 Å². The van der Waals surface area contributed by atoms with Crippen molar-refractivity contribution in [3.63, 3.8) is 0 Å². The molecule has 0 saturated heterocycles. The Morgan fingerprint density at radius 1 is 0.771 bits per heavy atom. The Bertz CT molecular complexity index is 954. The summed E-state index contributed by atoms with van der Waals surface area (Å²) in [4.78, 5) is 2.25. The number of nitrogens with zero attached hydrogens (tertiary/aromatic N) is 1. The Kier molecular flexibility index (Phi) is 7.04. The van der Waals surface area contributed by atoms with Gasteiger partial charge in [-0.1, -0.05) is 55.5 Å². The van der Waals surface area contributed by atoms with Crippen molar-refractivity contribution in [2.24, 2.45) is 0 Å². The van der Waals surface area contributed by atoms with Crippen LogP contribution < -0.4 is 0 Å². The third kappa shape index (κ3) is 4.98. The average Bonchev–Trinajstić information content (AvgIpc) is 3.71. The van der Waals surface area contributed by atoms with Gasteiger partial charge in [-0.15, -0.1) is 0 Å². The molecule has 2 aromatic carbocycles. The van der Waals surface area contributed by atoms with E-state index in [1.807, 2.05) is 32.0 Å². The molecule has 0 radical (unpaired) electrons. The lowest BCUT2D eigenvalue weighted by Crippen LogP contribution is -2.36. The highest BCUT2D eigenvalue weighted by Crippen LogP contribution is 2.63. The summed E-state index contributed by atoms with van der Waals surface area (Å²) in [6.45, 7) is 5.60. The first-order valence-electron chi connectivity index (χ1n) is 12.5. The van der Waals surface area contributed by atoms with Gasteiger partial charge in [-0.05, 0) is 80.7 Å². The molecule has 35 heavy (non-hydrogen) atoms. The van der Waals surface area contributed by atoms with E-state index in [4.69, 9.17) is 0 Å². The zero-order valence-electron chi connectivity index (χ0n) is 20.3. The maximum absolute atomic E-state index is 14.1. The monoisotopic (exact) mass is 497 g/mol. The molecule has 4 rings (SSSR count). The predicted octanol–water partition coefficient (Wildman–Crippen LogP) is 7.76. The Hall–Kier alpha value is -2.02. The van der Waals surface area contributed by atoms with Gasteiger partial charge in [0, 0.05) is 12.6 Å². The molecule has 2 aliphatic carbocycles. The van der Waals surface area contributed by atoms with Crippen LogP contribution in [0.2, 0.25) is 0 Å². The van der Waals surface area contributed by atoms with Gasteiger partial charge in [-0.25, -0.2) is 0 Å². The molecule has 0 amide bonds. The SMILES string of the molecule is CCN(CCc1ccccc1)C(C)CCc1c(C2(C(F)(F)F)CC2)cccc1C1(C(F)(F)F)CC1. The summed E-state index contributed by atoms with van der Waals surface area (Å²) in [6, 6.07) is 14.3. The molecule has 1 atom stereocenters. The minimum Gasteiger partial charge on any atom is -0.301 e. The highest BCUT2D eigenvalue weighted by molar-refractivity contribution is 5.50. The number of hydrogen-bond acceptors (Lipinski definition) is 1. The number of likely N-dealkylation sites (N-methyl/N-ethyl adjacent to an activating group) is 1. The summed E-state index contributed by atoms with van der Waals surface area (Å²) in [5.74, 6) is 0. The molecule has 1 unspecified atom stereocenters. The fourth-order valence-corrected chi connectivity index (χ4v) is 5.56. The highest BCUT2D eigenvalue weighted by Gasteiger charge is 2.67. The summed E-state index contributed by atoms with van der Waals surface area (Å²) in [5, 5.41) is 0. The highest BCUT2D eigenvalue weighted by atomic mass is 19.4. The van der Waals surface area contributed by atoms with Crippen molar-refractivity contribution >= 4 is 0 Å². The first-order valence-corrected chi connectivity index (χ1v) is 12.5. The number of rotatable bonds is 10. The molecule has 0 heterocycles. The van der Waals surface area contributed by atoms with E-state index in [9.17, 15) is 26.3 Å². The molecule has 0 aliphatic heterocycles. The molecule has 1 nitrogen and oxygen atoms in total. The Morgan fingerprint density at radius 2 is 1.29 bits per heavy atom. The summed E-state index contributed by atoms with van der Waals surface area (Å²) in [5.41, 5.74) is -2.38. The molecule has 7 heteroatoms. The summed E-state index contributed by atoms with van der Waals surface area (Å²) in [7, 11) is 0. The normalized spacial score (nSPS) is 19.6. The van der Waals surface area contributed by atoms with Crippen LogP contribution in [0, 0.1) is 0 Å². The Morgan fingerprint density at radius 3 is 1.71 bits per heavy atom. The zero-order valence-corrected chi connectivity index (χ0v) is 20.3. The van der Waals surface area contributed by atoms with Crippen LogP contribution in [0.3, 0.4) is 0 Å². The van der Waals surface area contributed by atoms with Gasteiger partial charge in [0.05, 0.1) is 10.8 Å². The van der Waals surface area contributed by atoms with Gasteiger partial charge >= 0.3 is 12.4 Å². The lowest BCUT2D eigenvalue weighted by molar-refractivity contribution is -0.161. The van der Waals surface area contributed by atoms with Gasteiger partial charge in [0.15, 0.2) is 0 Å². The van der Waals surface area contributed by atoms with Gasteiger partial charge in [-0.2, -0.15) is 26.3 Å². The maximum atomic E-state index is 14.1. The molecular weight excluding hydrogens is 464 g/mol. The predicted molar refractivity (Wildman–Crippen MR) is 126 cm³/mol. The molecule has 0 spiro atoms. The summed E-state index contributed by atoms with van der Waals surface area (Å²) < 4.78 is 84.3. The molecule has 0 N–H and O–H groups in total. The minimum absolute atomic E-state index is 0.0340. The van der Waals surface area contributed by atoms with Crippen molar-refractivity contribution < 1.29 is 26.3 Å². The standard InChI is InChI=1S/C28H33F6N/c1-3-35(19-14-21-8-5-4-6-9-21)20(2)12-13-22-23(25(15-16-25)27(29,30)31)10-7-11-24(22)26(17-18-26)28(32,33)34/h4-11,20H,3,12-19H2,1-2H3. The van der Waals surface area contributed by atoms with Gasteiger partial charge in [0.2, 0.25) is 0 Å². The van der Waals surface area contributed by atoms with Gasteiger partial charge in [0.1, 0.15) is 0 Å². The lowest BCUT2D eigenvalue weighted by atomic mass is 9.80. The smallest absolute Gasteiger partial charge is 0.301 e. The van der Waals surface area contributed by atoms with Crippen molar-refractivity contribution in [1.29, 1.82) is 0 Å². The number of benzene rings is 2. The van der Waals surface area contributed by atoms with Crippen LogP contribution in [0.25, 0.3) is 0 Å². The van der Waals surface area contributed by atoms with E-state index in [0.717, 1.165) is 19.5 Å². The van der Waals surface area contributed by atoms with E-state index in [-0.39, 0.29) is 54.8 Å². The van der Waals surface area contributed by atoms with E-state index in [1.54, 1.807) is 0 Å². The molecule has 2 aromatic rings. The quantitative estimate of drug-likeness (QED) is 0.303. The van der Waals surface area contributed by atoms with E-state index in [0.29, 0.717) is 6.42 Å². The molecular formula is C28H33F6N. The molecule has 0 bridgehead atoms. The average molecular weight is 498 g/mol. The van der Waals surface area contributed by atoms with Crippen LogP contribution in [-0.2, 0) is 23.7 Å². The van der Waals surface area contributed by atoms with Crippen LogP contribution in [0.5, 0.6) is 0 Å². The summed E-state index contributed by atoms with van der Waals surface area (Å²) in [6.07, 6.45) is -7.59. The Labute approximate surface area is 203 Å². The topological polar surface area (TPSA) is 3.24 Å². The van der Waals surface area contributed by atoms with E-state index < -0.39 is 23.2 Å². The van der Waals surface area contributed by atoms with E-state index in [1.165, 1.54) is 23.8 Å². The molecule has 2 aliphatic rings. The second-order valence-corrected chi connectivity index (χ2v) is 10.2. The van der Waals surface area contributed by atoms with Crippen LogP contribution in [-0.4, -0.2) is 36.4 Å². The maximum Gasteiger partial charge on any atom is 0.398 e. The summed E-state index contributed by atoms with van der Waals surface area (Å²) >= 11 is 0. The van der Waals surface area contributed by atoms with Crippen molar-refractivity contribution in [1.82, 2.24) is 4.90 Å². The third-order valence-corrected chi connectivity index (χ3v) is 8.16. The first kappa shape index (κ1) is 26.1. The van der Waals surface area contributed by atoms with Crippen molar-refractivity contribution in [2.75, 3.05) is 13.1 Å². The number of halogens is 6. The van der Waals surface area contributed by atoms with Crippen LogP contribution in [0.4, 0.5) is 26.3 Å². The van der Waals surface area contributed by atoms with Gasteiger partial charge in [0.25, 0.3) is 0 Å². The fraction of sp³-hybridized carbons (Fsp3) is 0.571. The van der Waals surface area contributed by atoms with E-state index >= 15 is 0 Å². The molecule has 0 aromatic heterocycles. The van der Waals surface area contributed by atoms with Gasteiger partial charge < -0.3 is 4.90 Å². The van der Waals surface area contributed by atoms with E-state index in [2.05, 4.69) is 17.0 Å². The molecule has 2 saturated carbocycles. The van der Waals surface area contributed by atoms with Crippen molar-refractivity contribution in [2.45, 2.75) is 88.0 Å². The second kappa shape index (κ2) is 9.45. The fourth-order valence-electron chi connectivity index (χ4n) is 5.56. The van der Waals surface area contributed by atoms with Crippen LogP contribution >= 0.6 is 0 Å². The molecule has 2 fully saturated rings. The minimum atomic E-state index is -4.47. The van der Waals surface area contributed by atoms with Crippen LogP contribution in [0.15, 0.2) is 48.5 Å². The first-order chi connectivity index (χ1) is 16.5. The third-order valence-electron chi connectivity index (χ3n) is 8.16. The number of hydrogen-bond donors (Lipinski definition) is 0. The lowest BCUT2D eigenvalue weighted by Gasteiger charge is -2.31. The van der Waals surface area contributed by atoms with Crippen molar-refractivity contribution in [3.05, 3.63) is 70.8 Å². The van der Waals surface area contributed by atoms with Crippen molar-refractivity contribution in [3.8, 4) is 0 Å². The van der Waals surface area contributed by atoms with Crippen LogP contribution in [0.1, 0.15) is 68.2 Å². The largest absolute Gasteiger partial charge is 0.398 e. The molecule has 192 valence electrons. The second-order valence-electron chi connectivity index (χ2n) is 10.2. The zero-order chi connectivity index (χ0) is 25.5. The Balaban J connectivity index is 1.59.